The monoisotopic (exact) mass is 379 g/mol. The number of piperidine rings is 1. The van der Waals surface area contributed by atoms with E-state index >= 15 is 0 Å². The minimum atomic E-state index is 0.209. The Labute approximate surface area is 166 Å². The first-order chi connectivity index (χ1) is 13.6. The molecule has 0 radical (unpaired) electrons. The smallest absolute Gasteiger partial charge is 0.227 e. The van der Waals surface area contributed by atoms with Crippen molar-refractivity contribution in [1.29, 1.82) is 0 Å². The minimum absolute atomic E-state index is 0.209. The first-order valence-corrected chi connectivity index (χ1v) is 10.1. The Morgan fingerprint density at radius 1 is 1.32 bits per heavy atom. The van der Waals surface area contributed by atoms with Crippen LogP contribution < -0.4 is 0 Å². The summed E-state index contributed by atoms with van der Waals surface area (Å²) >= 11 is 0. The molecule has 28 heavy (non-hydrogen) atoms. The van der Waals surface area contributed by atoms with Crippen LogP contribution in [0, 0.1) is 0 Å². The molecule has 1 N–H and O–H groups in total. The van der Waals surface area contributed by atoms with E-state index in [0.29, 0.717) is 12.3 Å². The van der Waals surface area contributed by atoms with Crippen LogP contribution in [0.2, 0.25) is 0 Å². The molecular weight excluding hydrogens is 350 g/mol. The predicted molar refractivity (Wildman–Crippen MR) is 111 cm³/mol. The molecule has 6 nitrogen and oxygen atoms in total. The highest BCUT2D eigenvalue weighted by molar-refractivity contribution is 5.88. The lowest BCUT2D eigenvalue weighted by Gasteiger charge is -2.33. The summed E-state index contributed by atoms with van der Waals surface area (Å²) in [6.07, 6.45) is 8.49. The van der Waals surface area contributed by atoms with Crippen LogP contribution in [0.25, 0.3) is 10.9 Å². The third kappa shape index (κ3) is 3.97. The number of carbonyl (C=O) groups is 1. The number of amides is 1. The third-order valence-corrected chi connectivity index (χ3v) is 5.69. The molecule has 6 heteroatoms. The van der Waals surface area contributed by atoms with Gasteiger partial charge in [-0.3, -0.25) is 4.79 Å². The van der Waals surface area contributed by atoms with Crippen molar-refractivity contribution in [3.8, 4) is 0 Å². The van der Waals surface area contributed by atoms with E-state index in [1.807, 2.05) is 35.5 Å². The van der Waals surface area contributed by atoms with E-state index in [-0.39, 0.29) is 5.91 Å². The molecule has 3 aromatic rings. The van der Waals surface area contributed by atoms with Crippen molar-refractivity contribution >= 4 is 16.8 Å². The van der Waals surface area contributed by atoms with Gasteiger partial charge in [-0.05, 0) is 38.6 Å². The number of imidazole rings is 1. The number of hydrogen-bond donors (Lipinski definition) is 1. The number of H-pyrrole nitrogens is 1. The molecule has 1 amide bonds. The van der Waals surface area contributed by atoms with Gasteiger partial charge in [-0.1, -0.05) is 18.2 Å². The summed E-state index contributed by atoms with van der Waals surface area (Å²) in [6.45, 7) is 3.53. The second-order valence-electron chi connectivity index (χ2n) is 8.00. The summed E-state index contributed by atoms with van der Waals surface area (Å²) in [5, 5.41) is 1.14. The molecule has 1 fully saturated rings. The van der Waals surface area contributed by atoms with Crippen molar-refractivity contribution in [2.75, 3.05) is 33.7 Å². The number of likely N-dealkylation sites (N-methyl/N-ethyl adjacent to an activating group) is 1. The molecule has 0 aliphatic carbocycles. The molecule has 1 aliphatic heterocycles. The fourth-order valence-corrected chi connectivity index (χ4v) is 4.14. The van der Waals surface area contributed by atoms with Gasteiger partial charge in [0.1, 0.15) is 5.82 Å². The highest BCUT2D eigenvalue weighted by atomic mass is 16.2. The lowest BCUT2D eigenvalue weighted by atomic mass is 9.96. The van der Waals surface area contributed by atoms with E-state index < -0.39 is 0 Å². The summed E-state index contributed by atoms with van der Waals surface area (Å²) in [5.41, 5.74) is 2.17. The van der Waals surface area contributed by atoms with Gasteiger partial charge >= 0.3 is 0 Å². The number of fused-ring (bicyclic) bond motifs is 1. The standard InChI is InChI=1S/C22H29N5O/c1-25(2)12-13-26-11-9-23-22(26)17-6-5-10-27(16-17)21(28)14-18-15-24-20-8-4-3-7-19(18)20/h3-4,7-9,11,15,17,24H,5-6,10,12-14,16H2,1-2H3. The fraction of sp³-hybridized carbons (Fsp3) is 0.455. The van der Waals surface area contributed by atoms with Crippen molar-refractivity contribution in [3.63, 3.8) is 0 Å². The van der Waals surface area contributed by atoms with Gasteiger partial charge in [-0.15, -0.1) is 0 Å². The maximum Gasteiger partial charge on any atom is 0.227 e. The van der Waals surface area contributed by atoms with E-state index in [1.54, 1.807) is 0 Å². The van der Waals surface area contributed by atoms with Crippen molar-refractivity contribution in [3.05, 3.63) is 54.2 Å². The van der Waals surface area contributed by atoms with Crippen molar-refractivity contribution < 1.29 is 4.79 Å². The summed E-state index contributed by atoms with van der Waals surface area (Å²) in [6, 6.07) is 8.16. The lowest BCUT2D eigenvalue weighted by Crippen LogP contribution is -2.40. The molecule has 1 aliphatic rings. The Kier molecular flexibility index (Phi) is 5.48. The van der Waals surface area contributed by atoms with Crippen LogP contribution in [0.3, 0.4) is 0 Å². The number of aromatic nitrogens is 3. The quantitative estimate of drug-likeness (QED) is 0.716. The van der Waals surface area contributed by atoms with E-state index in [0.717, 1.165) is 61.3 Å². The predicted octanol–water partition coefficient (Wildman–Crippen LogP) is 2.87. The number of likely N-dealkylation sites (tertiary alicyclic amines) is 1. The van der Waals surface area contributed by atoms with Crippen LogP contribution in [-0.4, -0.2) is 64.0 Å². The Bertz CT molecular complexity index is 941. The number of para-hydroxylation sites is 1. The van der Waals surface area contributed by atoms with Gasteiger partial charge in [-0.25, -0.2) is 4.98 Å². The third-order valence-electron chi connectivity index (χ3n) is 5.69. The first kappa shape index (κ1) is 18.7. The Hall–Kier alpha value is -2.60. The van der Waals surface area contributed by atoms with Crippen molar-refractivity contribution in [1.82, 2.24) is 24.3 Å². The van der Waals surface area contributed by atoms with Gasteiger partial charge in [0.05, 0.1) is 6.42 Å². The van der Waals surface area contributed by atoms with E-state index in [1.165, 1.54) is 0 Å². The zero-order chi connectivity index (χ0) is 19.5. The maximum absolute atomic E-state index is 13.0. The van der Waals surface area contributed by atoms with Gasteiger partial charge < -0.3 is 19.4 Å². The topological polar surface area (TPSA) is 57.2 Å². The molecule has 0 saturated carbocycles. The van der Waals surface area contributed by atoms with Crippen LogP contribution in [0.4, 0.5) is 0 Å². The normalized spacial score (nSPS) is 17.5. The second kappa shape index (κ2) is 8.19. The minimum Gasteiger partial charge on any atom is -0.361 e. The number of benzene rings is 1. The molecule has 1 unspecified atom stereocenters. The molecule has 1 aromatic carbocycles. The molecule has 148 valence electrons. The van der Waals surface area contributed by atoms with Crippen LogP contribution in [0.15, 0.2) is 42.9 Å². The van der Waals surface area contributed by atoms with Crippen molar-refractivity contribution in [2.24, 2.45) is 0 Å². The Balaban J connectivity index is 1.44. The van der Waals surface area contributed by atoms with Gasteiger partial charge in [0.25, 0.3) is 0 Å². The van der Waals surface area contributed by atoms with Crippen LogP contribution >= 0.6 is 0 Å². The van der Waals surface area contributed by atoms with Gasteiger partial charge in [0.2, 0.25) is 5.91 Å². The molecule has 0 bridgehead atoms. The highest BCUT2D eigenvalue weighted by Gasteiger charge is 2.27. The molecule has 1 saturated heterocycles. The zero-order valence-corrected chi connectivity index (χ0v) is 16.8. The number of nitrogens with zero attached hydrogens (tertiary/aromatic N) is 4. The van der Waals surface area contributed by atoms with E-state index in [2.05, 4.69) is 45.8 Å². The summed E-state index contributed by atoms with van der Waals surface area (Å²) in [5.74, 6) is 1.64. The van der Waals surface area contributed by atoms with Crippen molar-refractivity contribution in [2.45, 2.75) is 31.7 Å². The van der Waals surface area contributed by atoms with Gasteiger partial charge in [0, 0.05) is 61.6 Å². The average Bonchev–Trinajstić information content (AvgIpc) is 3.34. The summed E-state index contributed by atoms with van der Waals surface area (Å²) in [4.78, 5) is 25.1. The van der Waals surface area contributed by atoms with Gasteiger partial charge in [0.15, 0.2) is 0 Å². The number of nitrogens with one attached hydrogen (secondary N) is 1. The number of hydrogen-bond acceptors (Lipinski definition) is 3. The number of carbonyl (C=O) groups excluding carboxylic acids is 1. The highest BCUT2D eigenvalue weighted by Crippen LogP contribution is 2.27. The Morgan fingerprint density at radius 2 is 2.18 bits per heavy atom. The molecule has 0 spiro atoms. The fourth-order valence-electron chi connectivity index (χ4n) is 4.14. The first-order valence-electron chi connectivity index (χ1n) is 10.1. The molecule has 1 atom stereocenters. The molecule has 4 rings (SSSR count). The van der Waals surface area contributed by atoms with E-state index in [9.17, 15) is 4.79 Å². The van der Waals surface area contributed by atoms with Crippen LogP contribution in [-0.2, 0) is 17.8 Å². The Morgan fingerprint density at radius 3 is 3.04 bits per heavy atom. The second-order valence-corrected chi connectivity index (χ2v) is 8.00. The van der Waals surface area contributed by atoms with Gasteiger partial charge in [-0.2, -0.15) is 0 Å². The van der Waals surface area contributed by atoms with Crippen LogP contribution in [0.5, 0.6) is 0 Å². The molecule has 3 heterocycles. The summed E-state index contributed by atoms with van der Waals surface area (Å²) in [7, 11) is 4.17. The maximum atomic E-state index is 13.0. The number of rotatable bonds is 6. The molecular formula is C22H29N5O. The zero-order valence-electron chi connectivity index (χ0n) is 16.8. The van der Waals surface area contributed by atoms with Crippen LogP contribution in [0.1, 0.15) is 30.1 Å². The number of aromatic amines is 1. The largest absolute Gasteiger partial charge is 0.361 e. The lowest BCUT2D eigenvalue weighted by molar-refractivity contribution is -0.131. The SMILES string of the molecule is CN(C)CCn1ccnc1C1CCCN(C(=O)Cc2c[nH]c3ccccc23)C1. The average molecular weight is 380 g/mol. The summed E-state index contributed by atoms with van der Waals surface area (Å²) < 4.78 is 2.25. The molecule has 2 aromatic heterocycles. The van der Waals surface area contributed by atoms with E-state index in [4.69, 9.17) is 0 Å².